The lowest BCUT2D eigenvalue weighted by molar-refractivity contribution is 0.0476. The molecule has 0 radical (unpaired) electrons. The van der Waals surface area contributed by atoms with Gasteiger partial charge in [-0.3, -0.25) is 0 Å². The Morgan fingerprint density at radius 3 is 2.35 bits per heavy atom. The molecule has 0 saturated heterocycles. The minimum absolute atomic E-state index is 0.202. The fourth-order valence-corrected chi connectivity index (χ4v) is 3.88. The smallest absolute Gasteiger partial charge is 0.339 e. The van der Waals surface area contributed by atoms with Crippen molar-refractivity contribution in [3.8, 4) is 11.3 Å². The number of pyridine rings is 1. The summed E-state index contributed by atoms with van der Waals surface area (Å²) < 4.78 is 5.75. The molecule has 1 aromatic heterocycles. The highest BCUT2D eigenvalue weighted by atomic mass is 35.5. The van der Waals surface area contributed by atoms with Crippen LogP contribution >= 0.6 is 11.6 Å². The van der Waals surface area contributed by atoms with Crippen molar-refractivity contribution in [3.05, 3.63) is 113 Å². The highest BCUT2D eigenvalue weighted by Gasteiger charge is 2.16. The van der Waals surface area contributed by atoms with Gasteiger partial charge in [0.1, 0.15) is 6.61 Å². The summed E-state index contributed by atoms with van der Waals surface area (Å²) in [5.74, 6) is -0.373. The first-order chi connectivity index (χ1) is 15.2. The number of rotatable bonds is 4. The maximum absolute atomic E-state index is 13.1. The molecule has 5 aromatic rings. The third-order valence-electron chi connectivity index (χ3n) is 5.31. The summed E-state index contributed by atoms with van der Waals surface area (Å²) in [4.78, 5) is 17.9. The molecule has 0 aliphatic heterocycles. The van der Waals surface area contributed by atoms with Crippen molar-refractivity contribution >= 4 is 39.2 Å². The predicted octanol–water partition coefficient (Wildman–Crippen LogP) is 7.07. The van der Waals surface area contributed by atoms with Crippen molar-refractivity contribution < 1.29 is 9.53 Å². The molecule has 4 heteroatoms. The molecule has 5 rings (SSSR count). The Labute approximate surface area is 184 Å². The van der Waals surface area contributed by atoms with E-state index in [0.29, 0.717) is 16.3 Å². The number of hydrogen-bond acceptors (Lipinski definition) is 3. The number of fused-ring (bicyclic) bond motifs is 2. The number of carbonyl (C=O) groups is 1. The normalized spacial score (nSPS) is 11.0. The molecule has 0 bridgehead atoms. The fourth-order valence-electron chi connectivity index (χ4n) is 3.75. The Morgan fingerprint density at radius 1 is 0.806 bits per heavy atom. The largest absolute Gasteiger partial charge is 0.457 e. The lowest BCUT2D eigenvalue weighted by atomic mass is 10.0. The molecule has 0 unspecified atom stereocenters. The van der Waals surface area contributed by atoms with E-state index in [1.165, 1.54) is 0 Å². The zero-order valence-electron chi connectivity index (χ0n) is 16.6. The molecule has 0 spiro atoms. The van der Waals surface area contributed by atoms with E-state index in [-0.39, 0.29) is 12.6 Å². The van der Waals surface area contributed by atoms with Crippen LogP contribution in [0.3, 0.4) is 0 Å². The number of halogens is 1. The molecule has 0 N–H and O–H groups in total. The molecule has 150 valence electrons. The minimum atomic E-state index is -0.373. The number of hydrogen-bond donors (Lipinski definition) is 0. The molecule has 0 saturated carbocycles. The van der Waals surface area contributed by atoms with Gasteiger partial charge in [0.15, 0.2) is 0 Å². The van der Waals surface area contributed by atoms with Crippen molar-refractivity contribution in [1.82, 2.24) is 4.98 Å². The fraction of sp³-hybridized carbons (Fsp3) is 0.0370. The number of aromatic nitrogens is 1. The van der Waals surface area contributed by atoms with Crippen LogP contribution in [0.1, 0.15) is 15.9 Å². The maximum Gasteiger partial charge on any atom is 0.339 e. The monoisotopic (exact) mass is 423 g/mol. The lowest BCUT2D eigenvalue weighted by Crippen LogP contribution is -2.07. The van der Waals surface area contributed by atoms with Crippen LogP contribution in [0.2, 0.25) is 5.02 Å². The van der Waals surface area contributed by atoms with Gasteiger partial charge in [-0.2, -0.15) is 0 Å². The third-order valence-corrected chi connectivity index (χ3v) is 5.57. The molecule has 0 aliphatic rings. The first-order valence-corrected chi connectivity index (χ1v) is 10.4. The second kappa shape index (κ2) is 8.21. The molecule has 0 amide bonds. The Kier molecular flexibility index (Phi) is 5.11. The molecule has 31 heavy (non-hydrogen) atoms. The van der Waals surface area contributed by atoms with Gasteiger partial charge in [-0.25, -0.2) is 9.78 Å². The van der Waals surface area contributed by atoms with Crippen molar-refractivity contribution in [2.45, 2.75) is 6.61 Å². The first kappa shape index (κ1) is 19.3. The predicted molar refractivity (Wildman–Crippen MR) is 125 cm³/mol. The average molecular weight is 424 g/mol. The number of esters is 1. The van der Waals surface area contributed by atoms with Gasteiger partial charge in [0.25, 0.3) is 0 Å². The number of para-hydroxylation sites is 1. The van der Waals surface area contributed by atoms with E-state index in [0.717, 1.165) is 32.8 Å². The number of ether oxygens (including phenoxy) is 1. The van der Waals surface area contributed by atoms with E-state index < -0.39 is 0 Å². The topological polar surface area (TPSA) is 39.2 Å². The summed E-state index contributed by atoms with van der Waals surface area (Å²) in [7, 11) is 0. The molecular formula is C27H18ClNO2. The van der Waals surface area contributed by atoms with Crippen molar-refractivity contribution in [1.29, 1.82) is 0 Å². The van der Waals surface area contributed by atoms with Crippen LogP contribution in [0.5, 0.6) is 0 Å². The van der Waals surface area contributed by atoms with Crippen LogP contribution < -0.4 is 0 Å². The van der Waals surface area contributed by atoms with Gasteiger partial charge in [0.2, 0.25) is 0 Å². The zero-order chi connectivity index (χ0) is 21.2. The standard InChI is InChI=1S/C27H18ClNO2/c28-21-14-12-19(13-15-21)26-16-24(23-10-3-4-11-25(23)29-26)27(30)31-17-20-8-5-7-18-6-1-2-9-22(18)20/h1-16H,17H2. The molecule has 0 atom stereocenters. The third kappa shape index (κ3) is 3.88. The number of benzene rings is 4. The summed E-state index contributed by atoms with van der Waals surface area (Å²) in [6.07, 6.45) is 0. The van der Waals surface area contributed by atoms with Crippen LogP contribution in [-0.4, -0.2) is 11.0 Å². The summed E-state index contributed by atoms with van der Waals surface area (Å²) in [5.41, 5.74) is 3.80. The van der Waals surface area contributed by atoms with Gasteiger partial charge >= 0.3 is 5.97 Å². The molecule has 0 aliphatic carbocycles. The maximum atomic E-state index is 13.1. The summed E-state index contributed by atoms with van der Waals surface area (Å²) in [6, 6.07) is 30.9. The number of nitrogens with zero attached hydrogens (tertiary/aromatic N) is 1. The van der Waals surface area contributed by atoms with Gasteiger partial charge in [-0.05, 0) is 40.6 Å². The summed E-state index contributed by atoms with van der Waals surface area (Å²) in [6.45, 7) is 0.202. The van der Waals surface area contributed by atoms with Gasteiger partial charge in [0.05, 0.1) is 16.8 Å². The minimum Gasteiger partial charge on any atom is -0.457 e. The SMILES string of the molecule is O=C(OCc1cccc2ccccc12)c1cc(-c2ccc(Cl)cc2)nc2ccccc12. The van der Waals surface area contributed by atoms with Crippen LogP contribution in [-0.2, 0) is 11.3 Å². The van der Waals surface area contributed by atoms with E-state index in [9.17, 15) is 4.79 Å². The molecule has 3 nitrogen and oxygen atoms in total. The molecule has 1 heterocycles. The second-order valence-corrected chi connectivity index (χ2v) is 7.73. The molecular weight excluding hydrogens is 406 g/mol. The van der Waals surface area contributed by atoms with Gasteiger partial charge in [-0.1, -0.05) is 84.4 Å². The molecule has 4 aromatic carbocycles. The van der Waals surface area contributed by atoms with Crippen molar-refractivity contribution in [2.75, 3.05) is 0 Å². The Bertz CT molecular complexity index is 1410. The zero-order valence-corrected chi connectivity index (χ0v) is 17.3. The van der Waals surface area contributed by atoms with E-state index >= 15 is 0 Å². The van der Waals surface area contributed by atoms with Crippen LogP contribution in [0.4, 0.5) is 0 Å². The highest BCUT2D eigenvalue weighted by molar-refractivity contribution is 6.30. The Morgan fingerprint density at radius 2 is 1.52 bits per heavy atom. The van der Waals surface area contributed by atoms with Crippen LogP contribution in [0.15, 0.2) is 97.1 Å². The lowest BCUT2D eigenvalue weighted by Gasteiger charge is -2.11. The Hall–Kier alpha value is -3.69. The van der Waals surface area contributed by atoms with Gasteiger partial charge < -0.3 is 4.74 Å². The first-order valence-electron chi connectivity index (χ1n) is 9.98. The van der Waals surface area contributed by atoms with Crippen LogP contribution in [0.25, 0.3) is 32.9 Å². The molecule has 0 fully saturated rings. The number of carbonyl (C=O) groups excluding carboxylic acids is 1. The van der Waals surface area contributed by atoms with Gasteiger partial charge in [0, 0.05) is 16.0 Å². The van der Waals surface area contributed by atoms with E-state index in [2.05, 4.69) is 12.1 Å². The van der Waals surface area contributed by atoms with E-state index in [4.69, 9.17) is 21.3 Å². The van der Waals surface area contributed by atoms with Gasteiger partial charge in [-0.15, -0.1) is 0 Å². The quantitative estimate of drug-likeness (QED) is 0.290. The second-order valence-electron chi connectivity index (χ2n) is 7.29. The van der Waals surface area contributed by atoms with Crippen molar-refractivity contribution in [2.24, 2.45) is 0 Å². The Balaban J connectivity index is 1.51. The van der Waals surface area contributed by atoms with E-state index in [1.54, 1.807) is 6.07 Å². The summed E-state index contributed by atoms with van der Waals surface area (Å²) >= 11 is 6.02. The van der Waals surface area contributed by atoms with Crippen molar-refractivity contribution in [3.63, 3.8) is 0 Å². The average Bonchev–Trinajstić information content (AvgIpc) is 2.82. The summed E-state index contributed by atoms with van der Waals surface area (Å²) in [5, 5.41) is 3.62. The van der Waals surface area contributed by atoms with Crippen LogP contribution in [0, 0.1) is 0 Å². The highest BCUT2D eigenvalue weighted by Crippen LogP contribution is 2.27. The van der Waals surface area contributed by atoms with E-state index in [1.807, 2.05) is 78.9 Å².